The number of nitrogens with one attached hydrogen (secondary N) is 1. The summed E-state index contributed by atoms with van der Waals surface area (Å²) < 4.78 is 22.2. The van der Waals surface area contributed by atoms with Gasteiger partial charge in [0.15, 0.2) is 0 Å². The molecule has 0 bridgehead atoms. The quantitative estimate of drug-likeness (QED) is 0.0823. The van der Waals surface area contributed by atoms with Crippen LogP contribution in [0, 0.1) is 0 Å². The second-order valence-corrected chi connectivity index (χ2v) is 12.0. The first-order valence-corrected chi connectivity index (χ1v) is 17.1. The van der Waals surface area contributed by atoms with Crippen molar-refractivity contribution < 1.29 is 53.4 Å². The third-order valence-corrected chi connectivity index (χ3v) is 8.02. The predicted octanol–water partition coefficient (Wildman–Crippen LogP) is -1.87. The van der Waals surface area contributed by atoms with Crippen molar-refractivity contribution in [2.75, 3.05) is 158 Å². The van der Waals surface area contributed by atoms with Crippen LogP contribution in [-0.2, 0) is 38.1 Å². The maximum absolute atomic E-state index is 12.7. The van der Waals surface area contributed by atoms with E-state index in [2.05, 4.69) is 10.2 Å². The Morgan fingerprint density at radius 1 is 0.458 bits per heavy atom. The highest BCUT2D eigenvalue weighted by Gasteiger charge is 2.21. The van der Waals surface area contributed by atoms with Gasteiger partial charge >= 0.3 is 17.9 Å². The van der Waals surface area contributed by atoms with E-state index in [0.717, 1.165) is 19.6 Å². The van der Waals surface area contributed by atoms with Gasteiger partial charge in [0.1, 0.15) is 0 Å². The molecule has 0 spiro atoms. The Balaban J connectivity index is 1.59. The maximum atomic E-state index is 12.7. The molecule has 0 unspecified atom stereocenters. The normalized spacial score (nSPS) is 18.3. The van der Waals surface area contributed by atoms with Crippen LogP contribution in [-0.4, -0.2) is 221 Å². The molecule has 48 heavy (non-hydrogen) atoms. The number of hydrogen-bond donors (Lipinski definition) is 4. The Morgan fingerprint density at radius 3 is 1.21 bits per heavy atom. The van der Waals surface area contributed by atoms with Crippen LogP contribution in [0.5, 0.6) is 0 Å². The summed E-state index contributed by atoms with van der Waals surface area (Å²) in [5, 5.41) is 30.8. The SMILES string of the molecule is O=C(O)CN1CCN(CC(=O)O)CCN(CC(=O)NCCOCCOCCOCCOCCCN2CCCC2)CCN(CC(=O)O)CC1. The number of amides is 1. The van der Waals surface area contributed by atoms with Crippen LogP contribution in [0.2, 0.25) is 0 Å². The number of hydrogen-bond acceptors (Lipinski definition) is 13. The third kappa shape index (κ3) is 22.2. The van der Waals surface area contributed by atoms with Gasteiger partial charge in [-0.3, -0.25) is 38.8 Å². The van der Waals surface area contributed by atoms with Gasteiger partial charge in [0.2, 0.25) is 5.91 Å². The average Bonchev–Trinajstić information content (AvgIpc) is 3.55. The van der Waals surface area contributed by atoms with Crippen LogP contribution >= 0.6 is 0 Å². The van der Waals surface area contributed by atoms with Gasteiger partial charge in [0, 0.05) is 72.1 Å². The summed E-state index contributed by atoms with van der Waals surface area (Å²) in [4.78, 5) is 56.4. The van der Waals surface area contributed by atoms with E-state index < -0.39 is 17.9 Å². The first-order chi connectivity index (χ1) is 23.2. The van der Waals surface area contributed by atoms with Gasteiger partial charge in [-0.15, -0.1) is 0 Å². The van der Waals surface area contributed by atoms with E-state index in [4.69, 9.17) is 18.9 Å². The zero-order valence-electron chi connectivity index (χ0n) is 28.4. The fourth-order valence-electron chi connectivity index (χ4n) is 5.46. The Hall–Kier alpha value is -2.48. The summed E-state index contributed by atoms with van der Waals surface area (Å²) in [6, 6.07) is 0. The summed E-state index contributed by atoms with van der Waals surface area (Å²) >= 11 is 0. The second kappa shape index (κ2) is 26.4. The molecule has 4 N–H and O–H groups in total. The number of rotatable bonds is 24. The molecule has 2 heterocycles. The molecule has 0 atom stereocenters. The van der Waals surface area contributed by atoms with Crippen molar-refractivity contribution in [1.29, 1.82) is 0 Å². The standard InChI is InChI=1S/C31H58N6O11/c38-28(32-4-17-46-19-21-48-23-22-47-20-18-45-16-3-7-33-5-1-2-6-33)24-34-8-10-35(25-29(39)40)12-14-37(27-31(43)44)15-13-36(11-9-34)26-30(41)42/h1-27H2,(H,32,38)(H,39,40)(H,41,42)(H,43,44). The van der Waals surface area contributed by atoms with Crippen molar-refractivity contribution in [3.8, 4) is 0 Å². The zero-order chi connectivity index (χ0) is 34.8. The Morgan fingerprint density at radius 2 is 0.812 bits per heavy atom. The van der Waals surface area contributed by atoms with Crippen molar-refractivity contribution in [2.24, 2.45) is 0 Å². The summed E-state index contributed by atoms with van der Waals surface area (Å²) in [6.07, 6.45) is 3.67. The maximum Gasteiger partial charge on any atom is 0.317 e. The molecule has 2 rings (SSSR count). The Bertz CT molecular complexity index is 880. The number of carboxylic acids is 3. The van der Waals surface area contributed by atoms with E-state index in [1.54, 1.807) is 14.7 Å². The van der Waals surface area contributed by atoms with E-state index in [9.17, 15) is 34.5 Å². The van der Waals surface area contributed by atoms with Gasteiger partial charge in [0.25, 0.3) is 0 Å². The molecule has 2 aliphatic heterocycles. The highest BCUT2D eigenvalue weighted by Crippen LogP contribution is 2.07. The summed E-state index contributed by atoms with van der Waals surface area (Å²) in [6.45, 7) is 9.87. The van der Waals surface area contributed by atoms with Crippen molar-refractivity contribution in [2.45, 2.75) is 19.3 Å². The van der Waals surface area contributed by atoms with Crippen LogP contribution in [0.25, 0.3) is 0 Å². The van der Waals surface area contributed by atoms with Crippen LogP contribution in [0.3, 0.4) is 0 Å². The molecule has 0 aromatic heterocycles. The molecule has 2 saturated heterocycles. The minimum Gasteiger partial charge on any atom is -0.480 e. The van der Waals surface area contributed by atoms with Crippen LogP contribution in [0.15, 0.2) is 0 Å². The highest BCUT2D eigenvalue weighted by atomic mass is 16.6. The fourth-order valence-corrected chi connectivity index (χ4v) is 5.46. The number of ether oxygens (including phenoxy) is 4. The van der Waals surface area contributed by atoms with E-state index in [1.165, 1.54) is 25.9 Å². The van der Waals surface area contributed by atoms with E-state index in [-0.39, 0.29) is 32.1 Å². The molecular formula is C31H58N6O11. The minimum atomic E-state index is -1.01. The second-order valence-electron chi connectivity index (χ2n) is 12.0. The van der Waals surface area contributed by atoms with E-state index >= 15 is 0 Å². The third-order valence-electron chi connectivity index (χ3n) is 8.02. The molecule has 0 radical (unpaired) electrons. The van der Waals surface area contributed by atoms with Crippen molar-refractivity contribution in [1.82, 2.24) is 29.8 Å². The Labute approximate surface area is 284 Å². The van der Waals surface area contributed by atoms with Gasteiger partial charge in [-0.1, -0.05) is 0 Å². The zero-order valence-corrected chi connectivity index (χ0v) is 28.4. The number of carbonyl (C=O) groups excluding carboxylic acids is 1. The topological polar surface area (TPSA) is 194 Å². The molecule has 2 fully saturated rings. The van der Waals surface area contributed by atoms with Gasteiger partial charge < -0.3 is 44.5 Å². The predicted molar refractivity (Wildman–Crippen MR) is 175 cm³/mol. The summed E-state index contributed by atoms with van der Waals surface area (Å²) in [5.41, 5.74) is 0. The van der Waals surface area contributed by atoms with Crippen LogP contribution < -0.4 is 5.32 Å². The molecule has 2 aliphatic rings. The van der Waals surface area contributed by atoms with Gasteiger partial charge in [0.05, 0.1) is 72.4 Å². The molecule has 0 aliphatic carbocycles. The summed E-state index contributed by atoms with van der Waals surface area (Å²) in [7, 11) is 0. The minimum absolute atomic E-state index is 0.0553. The van der Waals surface area contributed by atoms with Crippen LogP contribution in [0.4, 0.5) is 0 Å². The van der Waals surface area contributed by atoms with Gasteiger partial charge in [-0.25, -0.2) is 0 Å². The average molecular weight is 691 g/mol. The number of aliphatic carboxylic acids is 3. The molecular weight excluding hydrogens is 632 g/mol. The van der Waals surface area contributed by atoms with Crippen molar-refractivity contribution in [3.63, 3.8) is 0 Å². The lowest BCUT2D eigenvalue weighted by molar-refractivity contribution is -0.140. The molecule has 1 amide bonds. The molecule has 278 valence electrons. The number of nitrogens with zero attached hydrogens (tertiary/aromatic N) is 5. The number of likely N-dealkylation sites (tertiary alicyclic amines) is 1. The molecule has 0 aromatic rings. The van der Waals surface area contributed by atoms with E-state index in [0.29, 0.717) is 105 Å². The molecule has 17 nitrogen and oxygen atoms in total. The molecule has 0 saturated carbocycles. The highest BCUT2D eigenvalue weighted by molar-refractivity contribution is 5.78. The monoisotopic (exact) mass is 690 g/mol. The fraction of sp³-hybridized carbons (Fsp3) is 0.871. The van der Waals surface area contributed by atoms with Crippen LogP contribution in [0.1, 0.15) is 19.3 Å². The summed E-state index contributed by atoms with van der Waals surface area (Å²) in [5.74, 6) is -3.23. The first-order valence-electron chi connectivity index (χ1n) is 17.1. The smallest absolute Gasteiger partial charge is 0.317 e. The molecule has 17 heteroatoms. The largest absolute Gasteiger partial charge is 0.480 e. The van der Waals surface area contributed by atoms with Crippen molar-refractivity contribution in [3.05, 3.63) is 0 Å². The Kier molecular flexibility index (Phi) is 22.9. The van der Waals surface area contributed by atoms with Crippen molar-refractivity contribution >= 4 is 23.8 Å². The first kappa shape index (κ1) is 41.7. The van der Waals surface area contributed by atoms with E-state index in [1.807, 2.05) is 4.90 Å². The lowest BCUT2D eigenvalue weighted by Gasteiger charge is -2.32. The number of carboxylic acid groups (broad SMARTS) is 3. The van der Waals surface area contributed by atoms with Gasteiger partial charge in [-0.05, 0) is 32.4 Å². The number of carbonyl (C=O) groups is 4. The lowest BCUT2D eigenvalue weighted by atomic mass is 10.3. The molecule has 0 aromatic carbocycles. The lowest BCUT2D eigenvalue weighted by Crippen LogP contribution is -2.50. The van der Waals surface area contributed by atoms with Gasteiger partial charge in [-0.2, -0.15) is 0 Å².